The predicted octanol–water partition coefficient (Wildman–Crippen LogP) is 8.17. The van der Waals surface area contributed by atoms with E-state index in [1.807, 2.05) is 12.1 Å². The lowest BCUT2D eigenvalue weighted by molar-refractivity contribution is -0.154. The highest BCUT2D eigenvalue weighted by molar-refractivity contribution is 6.02. The summed E-state index contributed by atoms with van der Waals surface area (Å²) in [7, 11) is 1.40. The number of amides is 2. The van der Waals surface area contributed by atoms with Crippen LogP contribution in [-0.2, 0) is 59.4 Å². The second-order valence-electron chi connectivity index (χ2n) is 16.6. The standard InChI is InChI=1S/C48H54N2O12/c1-47(2,3)61-39(51)23-22-35-36(37(44(54)59-29-31-17-12-9-13-18-31)27-40(52)58-28-30-15-10-8-11-16-30)26-38-42(41(35)43(53)49-7)57-24-14-19-32-25-33(20-21-34(32)45(55)60-38)50-46(56)62-48(4,5)6/h8-13,15-18,20-21,25-26,37H,14,19,22-24,27-29H2,1-7H3,(H,49,53)(H,50,56)/t37-/m0/s1. The average molecular weight is 851 g/mol. The summed E-state index contributed by atoms with van der Waals surface area (Å²) < 4.78 is 34.8. The summed E-state index contributed by atoms with van der Waals surface area (Å²) in [5, 5.41) is 5.31. The number of esters is 4. The number of aryl methyl sites for hydroxylation is 1. The number of nitrogens with one attached hydrogen (secondary N) is 2. The molecule has 1 aliphatic heterocycles. The van der Waals surface area contributed by atoms with Crippen molar-refractivity contribution in [2.75, 3.05) is 19.0 Å². The van der Waals surface area contributed by atoms with E-state index in [0.717, 1.165) is 0 Å². The summed E-state index contributed by atoms with van der Waals surface area (Å²) in [6.07, 6.45) is -0.909. The highest BCUT2D eigenvalue weighted by Crippen LogP contribution is 2.42. The Morgan fingerprint density at radius 3 is 2.02 bits per heavy atom. The van der Waals surface area contributed by atoms with Crippen LogP contribution in [-0.4, -0.2) is 60.7 Å². The molecule has 14 heteroatoms. The first kappa shape index (κ1) is 46.4. The third-order valence-corrected chi connectivity index (χ3v) is 9.35. The summed E-state index contributed by atoms with van der Waals surface area (Å²) in [4.78, 5) is 82.0. The van der Waals surface area contributed by atoms with E-state index >= 15 is 0 Å². The molecule has 4 aromatic carbocycles. The van der Waals surface area contributed by atoms with Crippen LogP contribution < -0.4 is 20.1 Å². The summed E-state index contributed by atoms with van der Waals surface area (Å²) in [6.45, 7) is 10.2. The fourth-order valence-corrected chi connectivity index (χ4v) is 6.69. The highest BCUT2D eigenvalue weighted by Gasteiger charge is 2.35. The molecule has 0 bridgehead atoms. The molecule has 5 rings (SSSR count). The molecule has 1 atom stereocenters. The molecule has 0 saturated heterocycles. The van der Waals surface area contributed by atoms with Crippen molar-refractivity contribution in [2.24, 2.45) is 0 Å². The van der Waals surface area contributed by atoms with Gasteiger partial charge in [-0.15, -0.1) is 0 Å². The normalized spacial score (nSPS) is 13.1. The molecule has 2 amide bonds. The van der Waals surface area contributed by atoms with Crippen LogP contribution in [0.5, 0.6) is 11.5 Å². The van der Waals surface area contributed by atoms with Crippen LogP contribution in [0.1, 0.15) is 115 Å². The van der Waals surface area contributed by atoms with Crippen LogP contribution in [0, 0.1) is 0 Å². The number of fused-ring (bicyclic) bond motifs is 2. The van der Waals surface area contributed by atoms with Crippen molar-refractivity contribution in [1.82, 2.24) is 5.32 Å². The molecular weight excluding hydrogens is 797 g/mol. The lowest BCUT2D eigenvalue weighted by Gasteiger charge is -2.26. The SMILES string of the molecule is CNC(=O)c1c(CCC(=O)OC(C)(C)C)c([C@H](CC(=O)OCc2ccccc2)C(=O)OCc2ccccc2)cc2c1OCCCc1cc(NC(=O)OC(C)(C)C)ccc1C(=O)O2. The van der Waals surface area contributed by atoms with Crippen molar-refractivity contribution in [3.05, 3.63) is 124 Å². The van der Waals surface area contributed by atoms with Crippen LogP contribution in [0.4, 0.5) is 10.5 Å². The molecule has 0 saturated carbocycles. The Morgan fingerprint density at radius 2 is 1.40 bits per heavy atom. The van der Waals surface area contributed by atoms with Gasteiger partial charge in [0.2, 0.25) is 0 Å². The molecule has 0 fully saturated rings. The topological polar surface area (TPSA) is 182 Å². The zero-order chi connectivity index (χ0) is 45.0. The second kappa shape index (κ2) is 20.7. The zero-order valence-corrected chi connectivity index (χ0v) is 36.2. The van der Waals surface area contributed by atoms with Crippen LogP contribution in [0.2, 0.25) is 0 Å². The molecule has 2 N–H and O–H groups in total. The van der Waals surface area contributed by atoms with Crippen LogP contribution in [0.3, 0.4) is 0 Å². The minimum absolute atomic E-state index is 0.0386. The Hall–Kier alpha value is -6.70. The van der Waals surface area contributed by atoms with Crippen molar-refractivity contribution in [2.45, 2.75) is 104 Å². The van der Waals surface area contributed by atoms with Crippen LogP contribution in [0.15, 0.2) is 84.9 Å². The van der Waals surface area contributed by atoms with E-state index in [2.05, 4.69) is 10.6 Å². The number of carbonyl (C=O) groups excluding carboxylic acids is 6. The Balaban J connectivity index is 1.63. The maximum Gasteiger partial charge on any atom is 0.412 e. The van der Waals surface area contributed by atoms with Gasteiger partial charge >= 0.3 is 30.0 Å². The van der Waals surface area contributed by atoms with Gasteiger partial charge in [0.25, 0.3) is 5.91 Å². The number of rotatable bonds is 13. The molecule has 14 nitrogen and oxygen atoms in total. The summed E-state index contributed by atoms with van der Waals surface area (Å²) in [5.41, 5.74) is 1.09. The first-order chi connectivity index (χ1) is 29.4. The molecule has 1 aliphatic rings. The first-order valence-electron chi connectivity index (χ1n) is 20.4. The quantitative estimate of drug-likeness (QED) is 0.0749. The summed E-state index contributed by atoms with van der Waals surface area (Å²) in [5.74, 6) is -5.41. The Kier molecular flexibility index (Phi) is 15.5. The number of ether oxygens (including phenoxy) is 6. The zero-order valence-electron chi connectivity index (χ0n) is 36.2. The first-order valence-corrected chi connectivity index (χ1v) is 20.4. The second-order valence-corrected chi connectivity index (χ2v) is 16.6. The van der Waals surface area contributed by atoms with E-state index in [4.69, 9.17) is 28.4 Å². The fraction of sp³-hybridized carbons (Fsp3) is 0.375. The van der Waals surface area contributed by atoms with Crippen molar-refractivity contribution in [1.29, 1.82) is 0 Å². The van der Waals surface area contributed by atoms with Gasteiger partial charge in [-0.3, -0.25) is 24.5 Å². The Morgan fingerprint density at radius 1 is 0.774 bits per heavy atom. The van der Waals surface area contributed by atoms with Crippen molar-refractivity contribution >= 4 is 41.6 Å². The Labute approximate surface area is 361 Å². The summed E-state index contributed by atoms with van der Waals surface area (Å²) in [6, 6.07) is 24.0. The maximum absolute atomic E-state index is 14.4. The van der Waals surface area contributed by atoms with E-state index in [0.29, 0.717) is 35.2 Å². The predicted molar refractivity (Wildman–Crippen MR) is 229 cm³/mol. The van der Waals surface area contributed by atoms with Gasteiger partial charge in [-0.1, -0.05) is 60.7 Å². The van der Waals surface area contributed by atoms with Gasteiger partial charge in [0.1, 0.15) is 24.4 Å². The molecule has 0 aromatic heterocycles. The van der Waals surface area contributed by atoms with Gasteiger partial charge in [-0.2, -0.15) is 0 Å². The molecule has 0 radical (unpaired) electrons. The molecule has 62 heavy (non-hydrogen) atoms. The van der Waals surface area contributed by atoms with Crippen molar-refractivity contribution in [3.63, 3.8) is 0 Å². The number of hydrogen-bond acceptors (Lipinski definition) is 12. The molecule has 0 spiro atoms. The third-order valence-electron chi connectivity index (χ3n) is 9.35. The largest absolute Gasteiger partial charge is 0.489 e. The Bertz CT molecular complexity index is 2260. The monoisotopic (exact) mass is 850 g/mol. The number of anilines is 1. The molecule has 328 valence electrons. The van der Waals surface area contributed by atoms with Gasteiger partial charge in [0, 0.05) is 19.2 Å². The molecule has 0 unspecified atom stereocenters. The van der Waals surface area contributed by atoms with Crippen LogP contribution in [0.25, 0.3) is 0 Å². The average Bonchev–Trinajstić information content (AvgIpc) is 3.21. The number of carbonyl (C=O) groups is 6. The molecule has 0 aliphatic carbocycles. The lowest BCUT2D eigenvalue weighted by atomic mass is 9.85. The maximum atomic E-state index is 14.4. The summed E-state index contributed by atoms with van der Waals surface area (Å²) >= 11 is 0. The third kappa shape index (κ3) is 13.4. The van der Waals surface area contributed by atoms with Crippen LogP contribution >= 0.6 is 0 Å². The highest BCUT2D eigenvalue weighted by atomic mass is 16.6. The van der Waals surface area contributed by atoms with Crippen molar-refractivity contribution in [3.8, 4) is 11.5 Å². The minimum Gasteiger partial charge on any atom is -0.489 e. The van der Waals surface area contributed by atoms with Crippen molar-refractivity contribution < 1.29 is 57.2 Å². The lowest BCUT2D eigenvalue weighted by Crippen LogP contribution is -2.28. The van der Waals surface area contributed by atoms with E-state index in [1.165, 1.54) is 25.2 Å². The van der Waals surface area contributed by atoms with E-state index in [-0.39, 0.29) is 66.4 Å². The van der Waals surface area contributed by atoms with Gasteiger partial charge in [-0.25, -0.2) is 9.59 Å². The van der Waals surface area contributed by atoms with Gasteiger partial charge in [-0.05, 0) is 113 Å². The number of benzene rings is 4. The van der Waals surface area contributed by atoms with Gasteiger partial charge in [0.05, 0.1) is 30.1 Å². The number of hydrogen-bond donors (Lipinski definition) is 2. The smallest absolute Gasteiger partial charge is 0.412 e. The molecule has 1 heterocycles. The van der Waals surface area contributed by atoms with Gasteiger partial charge in [0.15, 0.2) is 11.5 Å². The minimum atomic E-state index is -1.42. The van der Waals surface area contributed by atoms with E-state index in [1.54, 1.807) is 96.1 Å². The molecule has 4 aromatic rings. The van der Waals surface area contributed by atoms with E-state index in [9.17, 15) is 28.8 Å². The molecular formula is C48H54N2O12. The van der Waals surface area contributed by atoms with Gasteiger partial charge < -0.3 is 33.7 Å². The van der Waals surface area contributed by atoms with E-state index < -0.39 is 59.4 Å². The fourth-order valence-electron chi connectivity index (χ4n) is 6.69.